The Kier molecular flexibility index (Phi) is 6.95. The van der Waals surface area contributed by atoms with Crippen molar-refractivity contribution in [1.82, 2.24) is 10.0 Å². The first-order chi connectivity index (χ1) is 8.97. The molecule has 1 rings (SSSR count). The van der Waals surface area contributed by atoms with Gasteiger partial charge in [0, 0.05) is 30.6 Å². The number of thiophene rings is 1. The molecule has 0 aliphatic heterocycles. The van der Waals surface area contributed by atoms with E-state index in [-0.39, 0.29) is 0 Å². The highest BCUT2D eigenvalue weighted by molar-refractivity contribution is 7.89. The smallest absolute Gasteiger partial charge is 0.241 e. The van der Waals surface area contributed by atoms with E-state index in [9.17, 15) is 8.42 Å². The van der Waals surface area contributed by atoms with E-state index in [1.54, 1.807) is 11.4 Å². The third-order valence-electron chi connectivity index (χ3n) is 2.41. The van der Waals surface area contributed by atoms with Crippen LogP contribution in [0.15, 0.2) is 16.3 Å². The van der Waals surface area contributed by atoms with E-state index in [4.69, 9.17) is 4.74 Å². The van der Waals surface area contributed by atoms with Crippen molar-refractivity contribution in [3.8, 4) is 0 Å². The fourth-order valence-electron chi connectivity index (χ4n) is 1.46. The molecule has 7 heteroatoms. The van der Waals surface area contributed by atoms with Crippen LogP contribution < -0.4 is 10.0 Å². The molecule has 1 aromatic rings. The average molecular weight is 306 g/mol. The number of sulfonamides is 1. The summed E-state index contributed by atoms with van der Waals surface area (Å²) in [5.74, 6) is 0. The van der Waals surface area contributed by atoms with Crippen molar-refractivity contribution in [3.63, 3.8) is 0 Å². The zero-order valence-corrected chi connectivity index (χ0v) is 13.2. The van der Waals surface area contributed by atoms with E-state index in [1.807, 2.05) is 20.8 Å². The van der Waals surface area contributed by atoms with E-state index >= 15 is 0 Å². The van der Waals surface area contributed by atoms with Crippen molar-refractivity contribution in [2.24, 2.45) is 0 Å². The maximum atomic E-state index is 12.1. The third-order valence-corrected chi connectivity index (χ3v) is 5.00. The Balaban J connectivity index is 2.64. The summed E-state index contributed by atoms with van der Waals surface area (Å²) in [7, 11) is -3.44. The topological polar surface area (TPSA) is 67.4 Å². The number of ether oxygens (including phenoxy) is 1. The predicted molar refractivity (Wildman–Crippen MR) is 78.0 cm³/mol. The molecule has 0 spiro atoms. The highest BCUT2D eigenvalue weighted by Crippen LogP contribution is 2.21. The van der Waals surface area contributed by atoms with Crippen LogP contribution in [0.3, 0.4) is 0 Å². The molecule has 0 bridgehead atoms. The summed E-state index contributed by atoms with van der Waals surface area (Å²) in [6.07, 6.45) is 0. The average Bonchev–Trinajstić information content (AvgIpc) is 2.81. The van der Waals surface area contributed by atoms with Gasteiger partial charge in [-0.3, -0.25) is 0 Å². The zero-order valence-electron chi connectivity index (χ0n) is 11.6. The normalized spacial score (nSPS) is 12.2. The molecule has 0 aliphatic rings. The van der Waals surface area contributed by atoms with Gasteiger partial charge in [0.1, 0.15) is 0 Å². The fourth-order valence-corrected chi connectivity index (χ4v) is 3.87. The van der Waals surface area contributed by atoms with Crippen LogP contribution in [0, 0.1) is 0 Å². The van der Waals surface area contributed by atoms with Gasteiger partial charge >= 0.3 is 0 Å². The van der Waals surface area contributed by atoms with Gasteiger partial charge < -0.3 is 10.1 Å². The van der Waals surface area contributed by atoms with Crippen LogP contribution in [-0.4, -0.2) is 34.2 Å². The molecule has 0 saturated heterocycles. The number of nitrogens with one attached hydrogen (secondary N) is 2. The minimum atomic E-state index is -3.44. The van der Waals surface area contributed by atoms with Gasteiger partial charge in [0.15, 0.2) is 0 Å². The Labute approximate surface area is 119 Å². The molecule has 0 aliphatic carbocycles. The summed E-state index contributed by atoms with van der Waals surface area (Å²) < 4.78 is 31.9. The third kappa shape index (κ3) is 5.58. The van der Waals surface area contributed by atoms with Gasteiger partial charge in [0.25, 0.3) is 0 Å². The lowest BCUT2D eigenvalue weighted by Gasteiger charge is -2.10. The lowest BCUT2D eigenvalue weighted by Crippen LogP contribution is -2.29. The number of hydrogen-bond donors (Lipinski definition) is 2. The van der Waals surface area contributed by atoms with Crippen molar-refractivity contribution in [1.29, 1.82) is 0 Å². The van der Waals surface area contributed by atoms with E-state index < -0.39 is 10.0 Å². The van der Waals surface area contributed by atoms with Gasteiger partial charge in [-0.15, -0.1) is 11.3 Å². The molecule has 0 aromatic carbocycles. The highest BCUT2D eigenvalue weighted by Gasteiger charge is 2.19. The quantitative estimate of drug-likeness (QED) is 0.680. The summed E-state index contributed by atoms with van der Waals surface area (Å²) in [5.41, 5.74) is 0. The van der Waals surface area contributed by atoms with Gasteiger partial charge in [-0.05, 0) is 18.4 Å². The summed E-state index contributed by atoms with van der Waals surface area (Å²) in [6, 6.07) is 1.97. The van der Waals surface area contributed by atoms with Gasteiger partial charge in [0.05, 0.1) is 11.5 Å². The van der Waals surface area contributed by atoms with Crippen molar-refractivity contribution in [3.05, 3.63) is 16.3 Å². The van der Waals surface area contributed by atoms with Gasteiger partial charge in [-0.25, -0.2) is 13.1 Å². The van der Waals surface area contributed by atoms with Gasteiger partial charge in [-0.1, -0.05) is 13.8 Å². The molecule has 0 fully saturated rings. The van der Waals surface area contributed by atoms with Crippen molar-refractivity contribution in [2.75, 3.05) is 19.8 Å². The Bertz CT molecular complexity index is 469. The SMILES string of the molecule is CCOCCNS(=O)(=O)c1ccsc1CNC(C)C. The number of hydrogen-bond acceptors (Lipinski definition) is 5. The monoisotopic (exact) mass is 306 g/mol. The molecule has 0 unspecified atom stereocenters. The lowest BCUT2D eigenvalue weighted by molar-refractivity contribution is 0.153. The van der Waals surface area contributed by atoms with Gasteiger partial charge in [0.2, 0.25) is 10.0 Å². The summed E-state index contributed by atoms with van der Waals surface area (Å²) in [4.78, 5) is 1.19. The molecule has 0 amide bonds. The Morgan fingerprint density at radius 1 is 1.42 bits per heavy atom. The first kappa shape index (κ1) is 16.6. The molecule has 1 heterocycles. The highest BCUT2D eigenvalue weighted by atomic mass is 32.2. The van der Waals surface area contributed by atoms with E-state index in [0.29, 0.717) is 37.2 Å². The second kappa shape index (κ2) is 7.96. The fraction of sp³-hybridized carbons (Fsp3) is 0.667. The summed E-state index contributed by atoms with van der Waals surface area (Å²) in [6.45, 7) is 7.77. The largest absolute Gasteiger partial charge is 0.380 e. The Morgan fingerprint density at radius 3 is 2.79 bits per heavy atom. The van der Waals surface area contributed by atoms with Crippen LogP contribution in [0.2, 0.25) is 0 Å². The first-order valence-corrected chi connectivity index (χ1v) is 8.70. The molecule has 0 atom stereocenters. The standard InChI is InChI=1S/C12H22N2O3S2/c1-4-17-7-6-14-19(15,16)12-5-8-18-11(12)9-13-10(2)3/h5,8,10,13-14H,4,6-7,9H2,1-3H3. The van der Waals surface area contributed by atoms with E-state index in [2.05, 4.69) is 10.0 Å². The molecule has 19 heavy (non-hydrogen) atoms. The van der Waals surface area contributed by atoms with Crippen LogP contribution in [0.5, 0.6) is 0 Å². The summed E-state index contributed by atoms with van der Waals surface area (Å²) in [5, 5.41) is 5.03. The van der Waals surface area contributed by atoms with Crippen LogP contribution >= 0.6 is 11.3 Å². The van der Waals surface area contributed by atoms with E-state index in [0.717, 1.165) is 4.88 Å². The Morgan fingerprint density at radius 2 is 2.16 bits per heavy atom. The van der Waals surface area contributed by atoms with Crippen LogP contribution in [-0.2, 0) is 21.3 Å². The van der Waals surface area contributed by atoms with Crippen molar-refractivity contribution in [2.45, 2.75) is 38.3 Å². The lowest BCUT2D eigenvalue weighted by atomic mass is 10.4. The van der Waals surface area contributed by atoms with E-state index in [1.165, 1.54) is 11.3 Å². The minimum Gasteiger partial charge on any atom is -0.380 e. The molecular formula is C12H22N2O3S2. The van der Waals surface area contributed by atoms with Crippen LogP contribution in [0.25, 0.3) is 0 Å². The predicted octanol–water partition coefficient (Wildman–Crippen LogP) is 1.56. The molecule has 0 radical (unpaired) electrons. The molecule has 5 nitrogen and oxygen atoms in total. The Hall–Kier alpha value is -0.470. The first-order valence-electron chi connectivity index (χ1n) is 6.34. The van der Waals surface area contributed by atoms with Crippen LogP contribution in [0.1, 0.15) is 25.6 Å². The molecular weight excluding hydrogens is 284 g/mol. The maximum Gasteiger partial charge on any atom is 0.241 e. The van der Waals surface area contributed by atoms with Crippen molar-refractivity contribution >= 4 is 21.4 Å². The molecule has 1 aromatic heterocycles. The second-order valence-electron chi connectivity index (χ2n) is 4.34. The van der Waals surface area contributed by atoms with Crippen molar-refractivity contribution < 1.29 is 13.2 Å². The second-order valence-corrected chi connectivity index (χ2v) is 7.07. The van der Waals surface area contributed by atoms with Gasteiger partial charge in [-0.2, -0.15) is 0 Å². The molecule has 2 N–H and O–H groups in total. The maximum absolute atomic E-state index is 12.1. The minimum absolute atomic E-state index is 0.295. The summed E-state index contributed by atoms with van der Waals surface area (Å²) >= 11 is 1.45. The number of rotatable bonds is 9. The van der Waals surface area contributed by atoms with Crippen LogP contribution in [0.4, 0.5) is 0 Å². The molecule has 0 saturated carbocycles. The molecule has 110 valence electrons. The zero-order chi connectivity index (χ0) is 14.3.